The summed E-state index contributed by atoms with van der Waals surface area (Å²) in [6.45, 7) is 6.52. The number of methoxy groups -OCH3 is 1. The van der Waals surface area contributed by atoms with E-state index in [4.69, 9.17) is 9.47 Å². The highest BCUT2D eigenvalue weighted by molar-refractivity contribution is 7.89. The average molecular weight is 385 g/mol. The quantitative estimate of drug-likeness (QED) is 0.521. The Bertz CT molecular complexity index is 721. The lowest BCUT2D eigenvalue weighted by Gasteiger charge is -2.15. The summed E-state index contributed by atoms with van der Waals surface area (Å²) in [5.41, 5.74) is 0.804. The topological polar surface area (TPSA) is 92.3 Å². The number of aliphatic imine (C=N–C) groups is 1. The molecule has 0 spiro atoms. The van der Waals surface area contributed by atoms with Crippen molar-refractivity contribution in [1.29, 1.82) is 0 Å². The van der Waals surface area contributed by atoms with Gasteiger partial charge in [-0.15, -0.1) is 0 Å². The second-order valence-electron chi connectivity index (χ2n) is 5.75. The molecule has 9 heteroatoms. The van der Waals surface area contributed by atoms with E-state index < -0.39 is 10.0 Å². The summed E-state index contributed by atoms with van der Waals surface area (Å²) in [6, 6.07) is 5.55. The standard InChI is InChI=1S/C17H28N4O4S/c1-4-18-17(19-9-11-21-10-6-12-26(21,22)23)20-14-7-8-15(25-5-2)16(13-14)24-3/h7-8,13H,4-6,9-12H2,1-3H3,(H2,18,19,20). The number of guanidine groups is 1. The number of sulfonamides is 1. The van der Waals surface area contributed by atoms with Crippen LogP contribution in [-0.4, -0.2) is 64.3 Å². The Morgan fingerprint density at radius 2 is 2.12 bits per heavy atom. The van der Waals surface area contributed by atoms with Gasteiger partial charge in [-0.05, 0) is 32.4 Å². The van der Waals surface area contributed by atoms with Gasteiger partial charge in [-0.1, -0.05) is 0 Å². The smallest absolute Gasteiger partial charge is 0.214 e. The van der Waals surface area contributed by atoms with Crippen LogP contribution in [-0.2, 0) is 10.0 Å². The highest BCUT2D eigenvalue weighted by Crippen LogP contribution is 2.30. The van der Waals surface area contributed by atoms with Gasteiger partial charge < -0.3 is 20.1 Å². The van der Waals surface area contributed by atoms with Crippen LogP contribution < -0.4 is 20.1 Å². The van der Waals surface area contributed by atoms with Gasteiger partial charge in [-0.2, -0.15) is 0 Å². The van der Waals surface area contributed by atoms with Gasteiger partial charge in [0, 0.05) is 31.4 Å². The molecule has 0 saturated carbocycles. The lowest BCUT2D eigenvalue weighted by atomic mass is 10.2. The molecule has 1 saturated heterocycles. The van der Waals surface area contributed by atoms with Gasteiger partial charge in [0.25, 0.3) is 0 Å². The van der Waals surface area contributed by atoms with Crippen LogP contribution in [0.15, 0.2) is 23.2 Å². The first-order valence-corrected chi connectivity index (χ1v) is 10.4. The van der Waals surface area contributed by atoms with Gasteiger partial charge in [0.05, 0.1) is 26.0 Å². The van der Waals surface area contributed by atoms with E-state index in [0.717, 1.165) is 5.69 Å². The molecule has 1 fully saturated rings. The summed E-state index contributed by atoms with van der Waals surface area (Å²) in [4.78, 5) is 4.47. The van der Waals surface area contributed by atoms with Gasteiger partial charge in [0.2, 0.25) is 10.0 Å². The van der Waals surface area contributed by atoms with Crippen LogP contribution in [0, 0.1) is 0 Å². The molecule has 0 atom stereocenters. The average Bonchev–Trinajstić information content (AvgIpc) is 2.95. The molecular formula is C17H28N4O4S. The van der Waals surface area contributed by atoms with E-state index in [1.165, 1.54) is 4.31 Å². The predicted octanol–water partition coefficient (Wildman–Crippen LogP) is 1.51. The Kier molecular flexibility index (Phi) is 7.52. The Labute approximate surface area is 155 Å². The molecule has 0 radical (unpaired) electrons. The third-order valence-corrected chi connectivity index (χ3v) is 5.85. The van der Waals surface area contributed by atoms with Crippen molar-refractivity contribution in [2.24, 2.45) is 4.99 Å². The third kappa shape index (κ3) is 5.50. The molecule has 2 N–H and O–H groups in total. The molecule has 0 aliphatic carbocycles. The minimum Gasteiger partial charge on any atom is -0.493 e. The summed E-state index contributed by atoms with van der Waals surface area (Å²) in [5, 5.41) is 6.36. The van der Waals surface area contributed by atoms with E-state index in [-0.39, 0.29) is 5.75 Å². The second kappa shape index (κ2) is 9.63. The van der Waals surface area contributed by atoms with E-state index in [2.05, 4.69) is 15.6 Å². The zero-order valence-electron chi connectivity index (χ0n) is 15.6. The van der Waals surface area contributed by atoms with Crippen LogP contribution in [0.25, 0.3) is 0 Å². The van der Waals surface area contributed by atoms with Crippen molar-refractivity contribution in [3.8, 4) is 11.5 Å². The van der Waals surface area contributed by atoms with E-state index in [9.17, 15) is 8.42 Å². The van der Waals surface area contributed by atoms with E-state index in [1.807, 2.05) is 32.0 Å². The molecule has 0 unspecified atom stereocenters. The first kappa shape index (κ1) is 20.3. The number of anilines is 1. The maximum Gasteiger partial charge on any atom is 0.214 e. The molecule has 0 bridgehead atoms. The zero-order valence-corrected chi connectivity index (χ0v) is 16.4. The monoisotopic (exact) mass is 384 g/mol. The molecule has 1 heterocycles. The fourth-order valence-corrected chi connectivity index (χ4v) is 4.20. The first-order valence-electron chi connectivity index (χ1n) is 8.84. The molecule has 26 heavy (non-hydrogen) atoms. The lowest BCUT2D eigenvalue weighted by molar-refractivity contribution is 0.311. The molecule has 1 aliphatic heterocycles. The van der Waals surface area contributed by atoms with Crippen LogP contribution in [0.3, 0.4) is 0 Å². The molecule has 1 aliphatic rings. The molecule has 8 nitrogen and oxygen atoms in total. The number of nitrogens with one attached hydrogen (secondary N) is 2. The maximum atomic E-state index is 11.8. The molecule has 0 aromatic heterocycles. The summed E-state index contributed by atoms with van der Waals surface area (Å²) in [6.07, 6.45) is 0.691. The van der Waals surface area contributed by atoms with E-state index in [1.54, 1.807) is 7.11 Å². The van der Waals surface area contributed by atoms with Crippen LogP contribution in [0.2, 0.25) is 0 Å². The zero-order chi connectivity index (χ0) is 19.0. The molecule has 2 rings (SSSR count). The van der Waals surface area contributed by atoms with E-state index >= 15 is 0 Å². The van der Waals surface area contributed by atoms with E-state index in [0.29, 0.717) is 56.7 Å². The molecule has 1 aromatic rings. The molecule has 146 valence electrons. The fourth-order valence-electron chi connectivity index (χ4n) is 2.68. The molecule has 1 aromatic carbocycles. The van der Waals surface area contributed by atoms with Gasteiger partial charge in [0.1, 0.15) is 0 Å². The van der Waals surface area contributed by atoms with Crippen molar-refractivity contribution in [3.05, 3.63) is 18.2 Å². The largest absolute Gasteiger partial charge is 0.493 e. The number of hydrogen-bond donors (Lipinski definition) is 2. The minimum absolute atomic E-state index is 0.237. The number of hydrogen-bond acceptors (Lipinski definition) is 5. The van der Waals surface area contributed by atoms with Crippen LogP contribution in [0.4, 0.5) is 5.69 Å². The van der Waals surface area contributed by atoms with Gasteiger partial charge in [0.15, 0.2) is 17.5 Å². The van der Waals surface area contributed by atoms with Crippen molar-refractivity contribution in [2.45, 2.75) is 20.3 Å². The highest BCUT2D eigenvalue weighted by atomic mass is 32.2. The number of benzene rings is 1. The Morgan fingerprint density at radius 1 is 1.31 bits per heavy atom. The third-order valence-electron chi connectivity index (χ3n) is 3.89. The molecular weight excluding hydrogens is 356 g/mol. The Morgan fingerprint density at radius 3 is 2.73 bits per heavy atom. The van der Waals surface area contributed by atoms with Crippen molar-refractivity contribution < 1.29 is 17.9 Å². The highest BCUT2D eigenvalue weighted by Gasteiger charge is 2.27. The second-order valence-corrected chi connectivity index (χ2v) is 7.84. The lowest BCUT2D eigenvalue weighted by Crippen LogP contribution is -2.33. The summed E-state index contributed by atoms with van der Waals surface area (Å²) >= 11 is 0. The van der Waals surface area contributed by atoms with Crippen LogP contribution >= 0.6 is 0 Å². The minimum atomic E-state index is -3.08. The number of nitrogens with zero attached hydrogens (tertiary/aromatic N) is 2. The SMILES string of the molecule is CCNC(=NCCN1CCCS1(=O)=O)Nc1ccc(OCC)c(OC)c1. The van der Waals surface area contributed by atoms with Crippen molar-refractivity contribution in [3.63, 3.8) is 0 Å². The van der Waals surface area contributed by atoms with Gasteiger partial charge in [-0.25, -0.2) is 12.7 Å². The Hall–Kier alpha value is -2.00. The summed E-state index contributed by atoms with van der Waals surface area (Å²) in [5.74, 6) is 2.15. The number of ether oxygens (including phenoxy) is 2. The Balaban J connectivity index is 2.02. The molecule has 0 amide bonds. The van der Waals surface area contributed by atoms with Gasteiger partial charge in [-0.3, -0.25) is 4.99 Å². The predicted molar refractivity (Wildman–Crippen MR) is 104 cm³/mol. The fraction of sp³-hybridized carbons (Fsp3) is 0.588. The van der Waals surface area contributed by atoms with Crippen molar-refractivity contribution in [1.82, 2.24) is 9.62 Å². The number of rotatable bonds is 8. The summed E-state index contributed by atoms with van der Waals surface area (Å²) < 4.78 is 36.0. The van der Waals surface area contributed by atoms with Crippen LogP contribution in [0.1, 0.15) is 20.3 Å². The maximum absolute atomic E-state index is 11.8. The summed E-state index contributed by atoms with van der Waals surface area (Å²) in [7, 11) is -1.49. The van der Waals surface area contributed by atoms with Crippen LogP contribution in [0.5, 0.6) is 11.5 Å². The normalized spacial score (nSPS) is 17.1. The van der Waals surface area contributed by atoms with Crippen molar-refractivity contribution >= 4 is 21.7 Å². The first-order chi connectivity index (χ1) is 12.5. The van der Waals surface area contributed by atoms with Gasteiger partial charge >= 0.3 is 0 Å². The van der Waals surface area contributed by atoms with Crippen molar-refractivity contribution in [2.75, 3.05) is 51.0 Å².